The molecule has 9 nitrogen and oxygen atoms in total. The number of ether oxygens (including phenoxy) is 3. The van der Waals surface area contributed by atoms with Crippen LogP contribution in [-0.2, 0) is 33.9 Å². The molecular formula is C19H18F2O9S. The minimum atomic E-state index is -5.83. The van der Waals surface area contributed by atoms with E-state index in [0.717, 1.165) is 0 Å². The molecule has 3 aliphatic rings. The molecule has 31 heavy (non-hydrogen) atoms. The minimum Gasteiger partial charge on any atom is -0.458 e. The lowest BCUT2D eigenvalue weighted by molar-refractivity contribution is -0.170. The third-order valence-corrected chi connectivity index (χ3v) is 7.20. The summed E-state index contributed by atoms with van der Waals surface area (Å²) in [5.41, 5.74) is 0.242. The van der Waals surface area contributed by atoms with Crippen molar-refractivity contribution in [3.63, 3.8) is 0 Å². The van der Waals surface area contributed by atoms with Crippen LogP contribution in [0.2, 0.25) is 0 Å². The van der Waals surface area contributed by atoms with E-state index in [4.69, 9.17) is 14.0 Å². The first-order valence-electron chi connectivity index (χ1n) is 9.45. The maximum absolute atomic E-state index is 13.8. The number of hydrogen-bond donors (Lipinski definition) is 1. The number of fused-ring (bicyclic) bond motifs is 1. The first-order valence-corrected chi connectivity index (χ1v) is 10.9. The second kappa shape index (κ2) is 7.23. The molecule has 0 spiro atoms. The number of alkyl halides is 2. The van der Waals surface area contributed by atoms with Gasteiger partial charge in [-0.1, -0.05) is 18.2 Å². The summed E-state index contributed by atoms with van der Waals surface area (Å²) in [7, 11) is -5.83. The first-order chi connectivity index (χ1) is 14.4. The van der Waals surface area contributed by atoms with E-state index in [1.165, 1.54) is 12.1 Å². The fraction of sp³-hybridized carbons (Fsp3) is 0.526. The Morgan fingerprint density at radius 1 is 1.23 bits per heavy atom. The number of benzene rings is 1. The number of halogens is 2. The molecule has 1 aromatic carbocycles. The lowest BCUT2D eigenvalue weighted by atomic mass is 9.78. The quantitative estimate of drug-likeness (QED) is 0.380. The third-order valence-electron chi connectivity index (χ3n) is 6.18. The van der Waals surface area contributed by atoms with E-state index < -0.39 is 75.3 Å². The van der Waals surface area contributed by atoms with E-state index in [1.807, 2.05) is 0 Å². The Kier molecular flexibility index (Phi) is 5.04. The number of carbonyl (C=O) groups is 3. The van der Waals surface area contributed by atoms with Gasteiger partial charge in [-0.3, -0.25) is 14.1 Å². The minimum absolute atomic E-state index is 0.242. The average molecular weight is 460 g/mol. The molecule has 1 heterocycles. The SMILES string of the molecule is CC(OC(=O)C1C2CC3C(OC(=O)C31)C2OC(=O)c1ccccc1)C(F)(F)S(=O)(=O)O. The predicted octanol–water partition coefficient (Wildman–Crippen LogP) is 1.43. The Morgan fingerprint density at radius 3 is 2.48 bits per heavy atom. The zero-order valence-electron chi connectivity index (χ0n) is 16.0. The molecule has 2 bridgehead atoms. The molecule has 1 N–H and O–H groups in total. The van der Waals surface area contributed by atoms with Gasteiger partial charge in [0.2, 0.25) is 0 Å². The highest BCUT2D eigenvalue weighted by Crippen LogP contribution is 2.59. The lowest BCUT2D eigenvalue weighted by Gasteiger charge is -2.31. The van der Waals surface area contributed by atoms with Gasteiger partial charge in [-0.15, -0.1) is 0 Å². The second-order valence-corrected chi connectivity index (χ2v) is 9.36. The lowest BCUT2D eigenvalue weighted by Crippen LogP contribution is -2.47. The van der Waals surface area contributed by atoms with Gasteiger partial charge in [0, 0.05) is 11.8 Å². The van der Waals surface area contributed by atoms with Gasteiger partial charge >= 0.3 is 33.3 Å². The van der Waals surface area contributed by atoms with Gasteiger partial charge < -0.3 is 14.2 Å². The van der Waals surface area contributed by atoms with E-state index in [9.17, 15) is 31.6 Å². The van der Waals surface area contributed by atoms with Crippen molar-refractivity contribution in [2.45, 2.75) is 36.9 Å². The van der Waals surface area contributed by atoms with Crippen LogP contribution >= 0.6 is 0 Å². The van der Waals surface area contributed by atoms with E-state index in [-0.39, 0.29) is 12.0 Å². The molecule has 2 saturated carbocycles. The van der Waals surface area contributed by atoms with Gasteiger partial charge in [-0.05, 0) is 25.5 Å². The first kappa shape index (κ1) is 21.6. The zero-order valence-corrected chi connectivity index (χ0v) is 16.8. The van der Waals surface area contributed by atoms with Crippen molar-refractivity contribution in [2.24, 2.45) is 23.7 Å². The van der Waals surface area contributed by atoms with Crippen LogP contribution in [0.25, 0.3) is 0 Å². The fourth-order valence-corrected chi connectivity index (χ4v) is 5.23. The van der Waals surface area contributed by atoms with E-state index in [2.05, 4.69) is 4.74 Å². The predicted molar refractivity (Wildman–Crippen MR) is 96.2 cm³/mol. The molecule has 168 valence electrons. The summed E-state index contributed by atoms with van der Waals surface area (Å²) in [4.78, 5) is 37.4. The number of esters is 3. The van der Waals surface area contributed by atoms with Crippen LogP contribution in [0.4, 0.5) is 8.78 Å². The topological polar surface area (TPSA) is 133 Å². The Bertz CT molecular complexity index is 1030. The molecule has 1 aromatic rings. The van der Waals surface area contributed by atoms with Crippen molar-refractivity contribution in [1.82, 2.24) is 0 Å². The van der Waals surface area contributed by atoms with Crippen molar-refractivity contribution < 1.29 is 50.3 Å². The van der Waals surface area contributed by atoms with Gasteiger partial charge in [0.25, 0.3) is 0 Å². The molecule has 1 saturated heterocycles. The highest BCUT2D eigenvalue weighted by molar-refractivity contribution is 7.86. The van der Waals surface area contributed by atoms with Crippen molar-refractivity contribution in [2.75, 3.05) is 0 Å². The van der Waals surface area contributed by atoms with Crippen LogP contribution < -0.4 is 0 Å². The monoisotopic (exact) mass is 460 g/mol. The molecular weight excluding hydrogens is 442 g/mol. The van der Waals surface area contributed by atoms with E-state index in [0.29, 0.717) is 6.92 Å². The van der Waals surface area contributed by atoms with Crippen LogP contribution in [0, 0.1) is 23.7 Å². The maximum Gasteiger partial charge on any atom is 0.405 e. The summed E-state index contributed by atoms with van der Waals surface area (Å²) in [6.07, 6.45) is -3.96. The third kappa shape index (κ3) is 3.37. The molecule has 2 aliphatic carbocycles. The average Bonchev–Trinajstić information content (AvgIpc) is 3.31. The van der Waals surface area contributed by atoms with Crippen LogP contribution in [0.3, 0.4) is 0 Å². The molecule has 0 aromatic heterocycles. The molecule has 1 aliphatic heterocycles. The Hall–Kier alpha value is -2.60. The van der Waals surface area contributed by atoms with Gasteiger partial charge in [0.15, 0.2) is 6.10 Å². The maximum atomic E-state index is 13.8. The summed E-state index contributed by atoms with van der Waals surface area (Å²) in [6.45, 7) is 0.613. The number of rotatable bonds is 6. The zero-order chi connectivity index (χ0) is 22.7. The van der Waals surface area contributed by atoms with Crippen molar-refractivity contribution in [3.05, 3.63) is 35.9 Å². The second-order valence-electron chi connectivity index (χ2n) is 7.87. The van der Waals surface area contributed by atoms with Gasteiger partial charge in [0.05, 0.1) is 17.4 Å². The Balaban J connectivity index is 1.54. The number of hydrogen-bond acceptors (Lipinski definition) is 8. The molecule has 7 atom stereocenters. The fourth-order valence-electron chi connectivity index (χ4n) is 4.77. The summed E-state index contributed by atoms with van der Waals surface area (Å²) in [5.74, 6) is -6.06. The van der Waals surface area contributed by atoms with Crippen molar-refractivity contribution in [1.29, 1.82) is 0 Å². The van der Waals surface area contributed by atoms with Crippen LogP contribution in [0.1, 0.15) is 23.7 Å². The number of carbonyl (C=O) groups excluding carboxylic acids is 3. The van der Waals surface area contributed by atoms with Gasteiger partial charge in [-0.25, -0.2) is 4.79 Å². The summed E-state index contributed by atoms with van der Waals surface area (Å²) in [5, 5.41) is -4.74. The molecule has 3 fully saturated rings. The van der Waals surface area contributed by atoms with E-state index >= 15 is 0 Å². The molecule has 12 heteroatoms. The van der Waals surface area contributed by atoms with Crippen molar-refractivity contribution in [3.8, 4) is 0 Å². The van der Waals surface area contributed by atoms with Crippen LogP contribution in [0.5, 0.6) is 0 Å². The largest absolute Gasteiger partial charge is 0.458 e. The summed E-state index contributed by atoms with van der Waals surface area (Å²) >= 11 is 0. The van der Waals surface area contributed by atoms with Gasteiger partial charge in [-0.2, -0.15) is 17.2 Å². The summed E-state index contributed by atoms with van der Waals surface area (Å²) in [6, 6.07) is 7.99. The van der Waals surface area contributed by atoms with E-state index in [1.54, 1.807) is 18.2 Å². The van der Waals surface area contributed by atoms with Crippen LogP contribution in [0.15, 0.2) is 30.3 Å². The Labute approximate surface area is 175 Å². The molecule has 4 rings (SSSR count). The smallest absolute Gasteiger partial charge is 0.405 e. The summed E-state index contributed by atoms with van der Waals surface area (Å²) < 4.78 is 73.5. The normalized spacial score (nSPS) is 32.5. The van der Waals surface area contributed by atoms with Crippen LogP contribution in [-0.4, -0.2) is 54.4 Å². The highest BCUT2D eigenvalue weighted by atomic mass is 32.2. The Morgan fingerprint density at radius 2 is 1.87 bits per heavy atom. The standard InChI is InChI=1S/C19H18F2O9S/c1-8(19(20,21)31(25,26)27)28-17(23)12-10-7-11-13(12)18(24)30-15(11)14(10)29-16(22)9-5-3-2-4-6-9/h2-6,8,10-15H,7H2,1H3,(H,25,26,27). The highest BCUT2D eigenvalue weighted by Gasteiger charge is 2.70. The van der Waals surface area contributed by atoms with Gasteiger partial charge in [0.1, 0.15) is 12.2 Å². The molecule has 0 radical (unpaired) electrons. The molecule has 0 amide bonds. The molecule has 7 unspecified atom stereocenters. The van der Waals surface area contributed by atoms with Crippen molar-refractivity contribution >= 4 is 28.0 Å².